The van der Waals surface area contributed by atoms with Gasteiger partial charge in [-0.15, -0.1) is 0 Å². The second-order valence-corrected chi connectivity index (χ2v) is 11.1. The first-order valence-electron chi connectivity index (χ1n) is 11.8. The van der Waals surface area contributed by atoms with Crippen molar-refractivity contribution < 1.29 is 13.2 Å². The summed E-state index contributed by atoms with van der Waals surface area (Å²) in [5.74, 6) is 0.631. The van der Waals surface area contributed by atoms with Gasteiger partial charge in [-0.25, -0.2) is 18.4 Å². The molecule has 4 aromatic rings. The molecule has 0 unspecified atom stereocenters. The Labute approximate surface area is 203 Å². The second kappa shape index (κ2) is 8.49. The highest BCUT2D eigenvalue weighted by atomic mass is 32.2. The molecule has 0 radical (unpaired) electrons. The Bertz CT molecular complexity index is 1510. The van der Waals surface area contributed by atoms with E-state index in [0.29, 0.717) is 17.5 Å². The number of anilines is 1. The van der Waals surface area contributed by atoms with E-state index in [1.165, 1.54) is 6.21 Å². The molecule has 178 valence electrons. The number of nitrogens with one attached hydrogen (secondary N) is 2. The van der Waals surface area contributed by atoms with Crippen molar-refractivity contribution in [2.24, 2.45) is 0 Å². The smallest absolute Gasteiger partial charge is 0.321 e. The maximum absolute atomic E-state index is 12.5. The van der Waals surface area contributed by atoms with Gasteiger partial charge in [0.2, 0.25) is 10.0 Å². The van der Waals surface area contributed by atoms with Crippen LogP contribution < -0.4 is 9.46 Å². The minimum absolute atomic E-state index is 0.281. The fraction of sp³-hybridized carbons (Fsp3) is 0.269. The molecule has 0 atom stereocenters. The number of hydrogen-bond donors (Lipinski definition) is 2. The molecule has 2 aliphatic rings. The van der Waals surface area contributed by atoms with E-state index >= 15 is 0 Å². The van der Waals surface area contributed by atoms with Gasteiger partial charge >= 0.3 is 6.01 Å². The second-order valence-electron chi connectivity index (χ2n) is 9.10. The number of fused-ring (bicyclic) bond motifs is 1. The van der Waals surface area contributed by atoms with Gasteiger partial charge in [0, 0.05) is 47.4 Å². The predicted octanol–water partition coefficient (Wildman–Crippen LogP) is 5.52. The molecule has 0 aliphatic heterocycles. The molecule has 2 aromatic carbocycles. The summed E-state index contributed by atoms with van der Waals surface area (Å²) < 4.78 is 35.9. The summed E-state index contributed by atoms with van der Waals surface area (Å²) in [5, 5.41) is 8.86. The van der Waals surface area contributed by atoms with Crippen molar-refractivity contribution in [1.82, 2.24) is 14.5 Å². The van der Waals surface area contributed by atoms with E-state index in [9.17, 15) is 8.42 Å². The fourth-order valence-electron chi connectivity index (χ4n) is 4.60. The third-order valence-electron chi connectivity index (χ3n) is 6.73. The van der Waals surface area contributed by atoms with Gasteiger partial charge in [0.05, 0.1) is 16.5 Å². The predicted molar refractivity (Wildman–Crippen MR) is 136 cm³/mol. The van der Waals surface area contributed by atoms with Crippen LogP contribution in [0.25, 0.3) is 22.2 Å². The summed E-state index contributed by atoms with van der Waals surface area (Å²) >= 11 is 0. The summed E-state index contributed by atoms with van der Waals surface area (Å²) in [6.07, 6.45) is 9.21. The fourth-order valence-corrected chi connectivity index (χ4v) is 6.19. The molecule has 0 bridgehead atoms. The third-order valence-corrected chi connectivity index (χ3v) is 8.60. The van der Waals surface area contributed by atoms with Crippen molar-refractivity contribution in [2.75, 3.05) is 4.72 Å². The molecule has 8 nitrogen and oxygen atoms in total. The topological polar surface area (TPSA) is 110 Å². The van der Waals surface area contributed by atoms with Crippen LogP contribution in [0.3, 0.4) is 0 Å². The first-order valence-corrected chi connectivity index (χ1v) is 13.3. The lowest BCUT2D eigenvalue weighted by molar-refractivity contribution is 0.442. The largest absolute Gasteiger partial charge is 0.424 e. The van der Waals surface area contributed by atoms with Crippen molar-refractivity contribution in [3.8, 4) is 23.0 Å². The number of benzene rings is 2. The van der Waals surface area contributed by atoms with Crippen LogP contribution in [0.1, 0.15) is 43.7 Å². The van der Waals surface area contributed by atoms with Gasteiger partial charge in [-0.1, -0.05) is 18.6 Å². The van der Waals surface area contributed by atoms with E-state index < -0.39 is 10.0 Å². The molecular weight excluding hydrogens is 462 g/mol. The van der Waals surface area contributed by atoms with Crippen LogP contribution in [-0.2, 0) is 10.0 Å². The van der Waals surface area contributed by atoms with Gasteiger partial charge in [-0.05, 0) is 61.6 Å². The van der Waals surface area contributed by atoms with Crippen LogP contribution in [0.2, 0.25) is 0 Å². The van der Waals surface area contributed by atoms with E-state index in [4.69, 9.17) is 10.1 Å². The first-order chi connectivity index (χ1) is 17.0. The SMILES string of the molecule is N=Cc1c(-c2ccc(NS(=O)(=O)C3CCC3)cc2)n(C2CC2)c2cc(Oc3ncccn3)ccc12. The summed E-state index contributed by atoms with van der Waals surface area (Å²) in [6, 6.07) is 15.6. The molecule has 35 heavy (non-hydrogen) atoms. The molecule has 2 saturated carbocycles. The maximum atomic E-state index is 12.5. The molecule has 0 spiro atoms. The van der Waals surface area contributed by atoms with Crippen molar-refractivity contribution >= 4 is 32.8 Å². The van der Waals surface area contributed by atoms with Gasteiger partial charge in [0.25, 0.3) is 0 Å². The normalized spacial score (nSPS) is 16.1. The Morgan fingerprint density at radius 3 is 2.40 bits per heavy atom. The highest BCUT2D eigenvalue weighted by Gasteiger charge is 2.32. The molecule has 9 heteroatoms. The molecule has 2 aliphatic carbocycles. The summed E-state index contributed by atoms with van der Waals surface area (Å²) in [7, 11) is -3.35. The van der Waals surface area contributed by atoms with Crippen molar-refractivity contribution in [1.29, 1.82) is 5.41 Å². The number of ether oxygens (including phenoxy) is 1. The zero-order chi connectivity index (χ0) is 24.0. The highest BCUT2D eigenvalue weighted by molar-refractivity contribution is 7.93. The molecule has 2 fully saturated rings. The third kappa shape index (κ3) is 4.05. The Kier molecular flexibility index (Phi) is 5.29. The number of hydrogen-bond acceptors (Lipinski definition) is 6. The van der Waals surface area contributed by atoms with E-state index in [1.807, 2.05) is 30.3 Å². The van der Waals surface area contributed by atoms with E-state index in [1.54, 1.807) is 30.6 Å². The number of sulfonamides is 1. The Morgan fingerprint density at radius 2 is 1.77 bits per heavy atom. The lowest BCUT2D eigenvalue weighted by Gasteiger charge is -2.25. The quantitative estimate of drug-likeness (QED) is 0.318. The lowest BCUT2D eigenvalue weighted by Crippen LogP contribution is -2.33. The van der Waals surface area contributed by atoms with Crippen LogP contribution in [0, 0.1) is 5.41 Å². The number of nitrogens with zero attached hydrogens (tertiary/aromatic N) is 3. The van der Waals surface area contributed by atoms with E-state index in [2.05, 4.69) is 19.3 Å². The standard InChI is InChI=1S/C26H25N5O3S/c27-16-23-22-12-11-20(34-26-28-13-2-14-29-26)15-24(22)31(19-9-10-19)25(23)17-5-7-18(8-6-17)30-35(32,33)21-3-1-4-21/h2,5-8,11-16,19,21,27,30H,1,3-4,9-10H2. The Hall–Kier alpha value is -3.72. The summed E-state index contributed by atoms with van der Waals surface area (Å²) in [4.78, 5) is 8.28. The van der Waals surface area contributed by atoms with Crippen molar-refractivity contribution in [2.45, 2.75) is 43.4 Å². The summed E-state index contributed by atoms with van der Waals surface area (Å²) in [5.41, 5.74) is 4.28. The molecule has 2 heterocycles. The van der Waals surface area contributed by atoms with Crippen molar-refractivity contribution in [3.05, 3.63) is 66.5 Å². The molecular formula is C26H25N5O3S. The minimum atomic E-state index is -3.35. The van der Waals surface area contributed by atoms with Gasteiger partial charge in [0.15, 0.2) is 0 Å². The van der Waals surface area contributed by atoms with Gasteiger partial charge in [-0.3, -0.25) is 4.72 Å². The van der Waals surface area contributed by atoms with Crippen LogP contribution in [-0.4, -0.2) is 34.4 Å². The summed E-state index contributed by atoms with van der Waals surface area (Å²) in [6.45, 7) is 0. The Balaban J connectivity index is 1.39. The average Bonchev–Trinajstić information content (AvgIpc) is 3.60. The van der Waals surface area contributed by atoms with E-state index in [-0.39, 0.29) is 11.3 Å². The zero-order valence-electron chi connectivity index (χ0n) is 19.0. The first kappa shape index (κ1) is 21.8. The van der Waals surface area contributed by atoms with E-state index in [0.717, 1.165) is 59.8 Å². The number of rotatable bonds is 8. The maximum Gasteiger partial charge on any atom is 0.321 e. The molecule has 2 N–H and O–H groups in total. The molecule has 0 amide bonds. The van der Waals surface area contributed by atoms with Crippen molar-refractivity contribution in [3.63, 3.8) is 0 Å². The van der Waals surface area contributed by atoms with Crippen LogP contribution in [0.4, 0.5) is 5.69 Å². The highest BCUT2D eigenvalue weighted by Crippen LogP contribution is 2.45. The molecule has 2 aromatic heterocycles. The van der Waals surface area contributed by atoms with Gasteiger partial charge < -0.3 is 14.7 Å². The van der Waals surface area contributed by atoms with Gasteiger partial charge in [0.1, 0.15) is 5.75 Å². The lowest BCUT2D eigenvalue weighted by atomic mass is 10.0. The average molecular weight is 488 g/mol. The zero-order valence-corrected chi connectivity index (χ0v) is 19.8. The minimum Gasteiger partial charge on any atom is -0.424 e. The van der Waals surface area contributed by atoms with Crippen LogP contribution in [0.5, 0.6) is 11.8 Å². The number of aromatic nitrogens is 3. The monoisotopic (exact) mass is 487 g/mol. The molecule has 0 saturated heterocycles. The Morgan fingerprint density at radius 1 is 1.03 bits per heavy atom. The van der Waals surface area contributed by atoms with Crippen LogP contribution in [0.15, 0.2) is 60.9 Å². The molecule has 6 rings (SSSR count). The van der Waals surface area contributed by atoms with Gasteiger partial charge in [-0.2, -0.15) is 0 Å². The van der Waals surface area contributed by atoms with Crippen LogP contribution >= 0.6 is 0 Å².